The molecule has 0 radical (unpaired) electrons. The van der Waals surface area contributed by atoms with Crippen molar-refractivity contribution in [3.8, 4) is 0 Å². The fraction of sp³-hybridized carbons (Fsp3) is 0.500. The van der Waals surface area contributed by atoms with Crippen molar-refractivity contribution in [1.82, 2.24) is 5.32 Å². The van der Waals surface area contributed by atoms with Crippen LogP contribution in [0.3, 0.4) is 0 Å². The summed E-state index contributed by atoms with van der Waals surface area (Å²) in [6, 6.07) is 2.92. The molecule has 116 valence electrons. The van der Waals surface area contributed by atoms with Gasteiger partial charge in [0.25, 0.3) is 5.91 Å². The van der Waals surface area contributed by atoms with Gasteiger partial charge in [-0.3, -0.25) is 9.59 Å². The summed E-state index contributed by atoms with van der Waals surface area (Å²) in [5.74, 6) is -2.12. The Morgan fingerprint density at radius 2 is 2.00 bits per heavy atom. The van der Waals surface area contributed by atoms with Crippen LogP contribution >= 0.6 is 0 Å². The summed E-state index contributed by atoms with van der Waals surface area (Å²) < 4.78 is 13.7. The van der Waals surface area contributed by atoms with Gasteiger partial charge < -0.3 is 10.4 Å². The monoisotopic (exact) mass is 295 g/mol. The topological polar surface area (TPSA) is 66.4 Å². The van der Waals surface area contributed by atoms with Crippen LogP contribution in [0.1, 0.15) is 61.0 Å². The van der Waals surface area contributed by atoms with Gasteiger partial charge in [0.05, 0.1) is 5.56 Å². The quantitative estimate of drug-likeness (QED) is 0.900. The summed E-state index contributed by atoms with van der Waals surface area (Å²) in [6.07, 6.45) is 3.03. The Morgan fingerprint density at radius 3 is 2.57 bits per heavy atom. The molecule has 2 N–H and O–H groups in total. The van der Waals surface area contributed by atoms with Crippen molar-refractivity contribution >= 4 is 11.9 Å². The Hall–Kier alpha value is -1.91. The van der Waals surface area contributed by atoms with Crippen molar-refractivity contribution in [2.75, 3.05) is 6.54 Å². The largest absolute Gasteiger partial charge is 0.480 e. The van der Waals surface area contributed by atoms with E-state index < -0.39 is 24.2 Å². The number of carboxylic acids is 1. The van der Waals surface area contributed by atoms with Crippen molar-refractivity contribution in [3.05, 3.63) is 34.6 Å². The molecule has 5 heteroatoms. The number of nitrogens with one attached hydrogen (secondary N) is 1. The van der Waals surface area contributed by atoms with Gasteiger partial charge >= 0.3 is 5.97 Å². The van der Waals surface area contributed by atoms with E-state index in [9.17, 15) is 14.0 Å². The molecule has 4 nitrogen and oxygen atoms in total. The molecule has 0 bridgehead atoms. The van der Waals surface area contributed by atoms with Crippen molar-refractivity contribution < 1.29 is 19.1 Å². The second kappa shape index (κ2) is 7.76. The highest BCUT2D eigenvalue weighted by atomic mass is 19.1. The number of aliphatic carboxylic acids is 1. The fourth-order valence-electron chi connectivity index (χ4n) is 2.26. The van der Waals surface area contributed by atoms with E-state index in [-0.39, 0.29) is 5.56 Å². The van der Waals surface area contributed by atoms with Crippen LogP contribution in [-0.2, 0) is 11.2 Å². The lowest BCUT2D eigenvalue weighted by Gasteiger charge is -2.09. The molecule has 0 heterocycles. The van der Waals surface area contributed by atoms with Crippen LogP contribution in [-0.4, -0.2) is 23.5 Å². The lowest BCUT2D eigenvalue weighted by Crippen LogP contribution is -2.30. The van der Waals surface area contributed by atoms with Gasteiger partial charge in [-0.25, -0.2) is 4.39 Å². The molecule has 1 amide bonds. The van der Waals surface area contributed by atoms with Crippen LogP contribution in [0.15, 0.2) is 12.1 Å². The van der Waals surface area contributed by atoms with Gasteiger partial charge in [0.15, 0.2) is 0 Å². The molecule has 1 aromatic carbocycles. The summed E-state index contributed by atoms with van der Waals surface area (Å²) in [6.45, 7) is 5.77. The summed E-state index contributed by atoms with van der Waals surface area (Å²) in [5, 5.41) is 10.6. The number of halogens is 1. The number of carbonyl (C=O) groups is 2. The normalized spacial score (nSPS) is 15.7. The van der Waals surface area contributed by atoms with Crippen LogP contribution < -0.4 is 5.32 Å². The predicted molar refractivity (Wildman–Crippen MR) is 79.1 cm³/mol. The molecule has 0 saturated heterocycles. The van der Waals surface area contributed by atoms with Gasteiger partial charge in [-0.05, 0) is 42.0 Å². The average molecular weight is 295 g/mol. The molecule has 0 spiro atoms. The molecule has 1 aliphatic rings. The average Bonchev–Trinajstić information content (AvgIpc) is 2.77. The third-order valence-electron chi connectivity index (χ3n) is 3.25. The van der Waals surface area contributed by atoms with E-state index in [1.165, 1.54) is 12.5 Å². The van der Waals surface area contributed by atoms with Crippen LogP contribution in [0.25, 0.3) is 0 Å². The van der Waals surface area contributed by atoms with E-state index in [0.717, 1.165) is 24.0 Å². The number of hydrogen-bond donors (Lipinski definition) is 2. The molecule has 0 saturated carbocycles. The summed E-state index contributed by atoms with van der Waals surface area (Å²) in [4.78, 5) is 22.0. The van der Waals surface area contributed by atoms with Gasteiger partial charge in [-0.15, -0.1) is 0 Å². The van der Waals surface area contributed by atoms with Gasteiger partial charge in [0, 0.05) is 0 Å². The molecular weight excluding hydrogens is 273 g/mol. The number of carbonyl (C=O) groups excluding carboxylic acids is 1. The molecule has 21 heavy (non-hydrogen) atoms. The van der Waals surface area contributed by atoms with E-state index in [1.807, 2.05) is 6.92 Å². The van der Waals surface area contributed by atoms with Crippen molar-refractivity contribution in [1.29, 1.82) is 0 Å². The zero-order chi connectivity index (χ0) is 16.0. The molecule has 0 aromatic heterocycles. The van der Waals surface area contributed by atoms with E-state index in [2.05, 4.69) is 19.2 Å². The number of carboxylic acid groups (broad SMARTS) is 1. The van der Waals surface area contributed by atoms with E-state index in [4.69, 9.17) is 5.11 Å². The Morgan fingerprint density at radius 1 is 1.38 bits per heavy atom. The zero-order valence-corrected chi connectivity index (χ0v) is 12.7. The first-order valence-electron chi connectivity index (χ1n) is 7.22. The Labute approximate surface area is 124 Å². The van der Waals surface area contributed by atoms with Crippen molar-refractivity contribution in [2.45, 2.75) is 46.0 Å². The molecule has 1 unspecified atom stereocenters. The summed E-state index contributed by atoms with van der Waals surface area (Å²) in [5.41, 5.74) is 1.84. The van der Waals surface area contributed by atoms with E-state index >= 15 is 0 Å². The van der Waals surface area contributed by atoms with Crippen LogP contribution in [0, 0.1) is 5.82 Å². The minimum absolute atomic E-state index is 0.0799. The highest BCUT2D eigenvalue weighted by molar-refractivity contribution is 5.96. The molecular formula is C16H22FNO3. The van der Waals surface area contributed by atoms with Gasteiger partial charge in [0.2, 0.25) is 0 Å². The number of benzene rings is 1. The van der Waals surface area contributed by atoms with Crippen LogP contribution in [0.5, 0.6) is 0 Å². The second-order valence-electron chi connectivity index (χ2n) is 5.25. The molecule has 1 aromatic rings. The number of aryl methyl sites for hydroxylation is 1. The molecule has 1 aliphatic carbocycles. The number of fused-ring (bicyclic) bond motifs is 1. The van der Waals surface area contributed by atoms with Crippen molar-refractivity contribution in [3.63, 3.8) is 0 Å². The van der Waals surface area contributed by atoms with Gasteiger partial charge in [-0.1, -0.05) is 27.2 Å². The maximum absolute atomic E-state index is 13.7. The first-order chi connectivity index (χ1) is 9.90. The lowest BCUT2D eigenvalue weighted by molar-refractivity contribution is -0.135. The Bertz CT molecular complexity index is 528. The first-order valence-corrected chi connectivity index (χ1v) is 7.22. The van der Waals surface area contributed by atoms with Gasteiger partial charge in [0.1, 0.15) is 12.4 Å². The molecule has 2 rings (SSSR count). The number of amides is 1. The van der Waals surface area contributed by atoms with Crippen LogP contribution in [0.2, 0.25) is 0 Å². The maximum Gasteiger partial charge on any atom is 0.322 e. The smallest absolute Gasteiger partial charge is 0.322 e. The number of rotatable bonds is 3. The second-order valence-corrected chi connectivity index (χ2v) is 5.25. The highest BCUT2D eigenvalue weighted by Gasteiger charge is 2.23. The third-order valence-corrected chi connectivity index (χ3v) is 3.25. The predicted octanol–water partition coefficient (Wildman–Crippen LogP) is 3.11. The Balaban J connectivity index is 0.000000677. The Kier molecular flexibility index (Phi) is 6.34. The molecule has 0 fully saturated rings. The summed E-state index contributed by atoms with van der Waals surface area (Å²) >= 11 is 0. The summed E-state index contributed by atoms with van der Waals surface area (Å²) in [7, 11) is 0. The van der Waals surface area contributed by atoms with E-state index in [1.54, 1.807) is 6.07 Å². The van der Waals surface area contributed by atoms with Crippen molar-refractivity contribution in [2.24, 2.45) is 0 Å². The van der Waals surface area contributed by atoms with Crippen LogP contribution in [0.4, 0.5) is 4.39 Å². The third kappa shape index (κ3) is 4.55. The molecule has 0 aliphatic heterocycles. The maximum atomic E-state index is 13.7. The zero-order valence-electron chi connectivity index (χ0n) is 12.7. The van der Waals surface area contributed by atoms with E-state index in [0.29, 0.717) is 5.92 Å². The lowest BCUT2D eigenvalue weighted by atomic mass is 10.00. The standard InChI is InChI=1S/C13H14FNO3.C3H8/c1-7-2-3-8-4-11(14)10(5-9(7)8)13(18)15-6-12(16)17;1-3-2/h4-5,7H,2-3,6H2,1H3,(H,15,18)(H,16,17);3H2,1-2H3. The fourth-order valence-corrected chi connectivity index (χ4v) is 2.26. The molecule has 1 atom stereocenters. The SMILES string of the molecule is CC1CCc2cc(F)c(C(=O)NCC(=O)O)cc21.CCC. The first kappa shape index (κ1) is 17.1. The minimum Gasteiger partial charge on any atom is -0.480 e. The van der Waals surface area contributed by atoms with Gasteiger partial charge in [-0.2, -0.15) is 0 Å². The minimum atomic E-state index is -1.15. The number of hydrogen-bond acceptors (Lipinski definition) is 2. The highest BCUT2D eigenvalue weighted by Crippen LogP contribution is 2.34.